The zero-order chi connectivity index (χ0) is 21.3. The molecule has 0 aliphatic carbocycles. The van der Waals surface area contributed by atoms with Crippen LogP contribution in [-0.4, -0.2) is 9.97 Å². The summed E-state index contributed by atoms with van der Waals surface area (Å²) in [4.78, 5) is 8.08. The lowest BCUT2D eigenvalue weighted by Gasteiger charge is -2.21. The molecule has 4 rings (SSSR count). The number of alkyl halides is 3. The van der Waals surface area contributed by atoms with E-state index < -0.39 is 29.4 Å². The summed E-state index contributed by atoms with van der Waals surface area (Å²) in [6.07, 6.45) is -2.20. The number of rotatable bonds is 4. The fraction of sp³-hybridized carbons (Fsp3) is 0.0909. The van der Waals surface area contributed by atoms with Gasteiger partial charge in [0.15, 0.2) is 0 Å². The molecule has 0 bridgehead atoms. The van der Waals surface area contributed by atoms with Crippen LogP contribution >= 0.6 is 0 Å². The number of halogens is 5. The highest BCUT2D eigenvalue weighted by Crippen LogP contribution is 2.32. The Hall–Kier alpha value is -3.55. The van der Waals surface area contributed by atoms with Gasteiger partial charge in [0, 0.05) is 29.4 Å². The second-order valence-electron chi connectivity index (χ2n) is 6.63. The molecule has 1 N–H and O–H groups in total. The second-order valence-corrected chi connectivity index (χ2v) is 6.63. The summed E-state index contributed by atoms with van der Waals surface area (Å²) in [7, 11) is 0. The van der Waals surface area contributed by atoms with Crippen molar-refractivity contribution in [2.45, 2.75) is 12.2 Å². The fourth-order valence-electron chi connectivity index (χ4n) is 3.13. The highest BCUT2D eigenvalue weighted by atomic mass is 19.4. The molecular formula is C22H14F5N3. The van der Waals surface area contributed by atoms with E-state index >= 15 is 0 Å². The zero-order valence-corrected chi connectivity index (χ0v) is 15.3. The predicted octanol–water partition coefficient (Wildman–Crippen LogP) is 6.13. The summed E-state index contributed by atoms with van der Waals surface area (Å²) in [6.45, 7) is 0. The predicted molar refractivity (Wildman–Crippen MR) is 103 cm³/mol. The molecule has 0 spiro atoms. The maximum atomic E-state index is 14.6. The number of fused-ring (bicyclic) bond motifs is 1. The third kappa shape index (κ3) is 4.07. The van der Waals surface area contributed by atoms with Gasteiger partial charge in [0.05, 0.1) is 17.1 Å². The Labute approximate surface area is 168 Å². The third-order valence-corrected chi connectivity index (χ3v) is 4.62. The topological polar surface area (TPSA) is 37.8 Å². The average molecular weight is 415 g/mol. The van der Waals surface area contributed by atoms with Crippen LogP contribution in [0.3, 0.4) is 0 Å². The Morgan fingerprint density at radius 3 is 2.40 bits per heavy atom. The Balaban J connectivity index is 1.77. The van der Waals surface area contributed by atoms with E-state index in [4.69, 9.17) is 0 Å². The number of hydrogen-bond acceptors (Lipinski definition) is 3. The van der Waals surface area contributed by atoms with Crippen molar-refractivity contribution in [3.8, 4) is 0 Å². The van der Waals surface area contributed by atoms with Crippen LogP contribution in [0.25, 0.3) is 10.9 Å². The summed E-state index contributed by atoms with van der Waals surface area (Å²) >= 11 is 0. The van der Waals surface area contributed by atoms with Crippen LogP contribution in [0, 0.1) is 11.6 Å². The third-order valence-electron chi connectivity index (χ3n) is 4.62. The SMILES string of the molecule is Fc1ccc(C(Nc2ccc(C(F)(F)F)cn2)c2ccc3cccnc3c2)c(F)c1. The summed E-state index contributed by atoms with van der Waals surface area (Å²) in [5.41, 5.74) is 0.471. The van der Waals surface area contributed by atoms with Crippen molar-refractivity contribution in [2.75, 3.05) is 5.32 Å². The lowest BCUT2D eigenvalue weighted by Crippen LogP contribution is -2.15. The lowest BCUT2D eigenvalue weighted by atomic mass is 9.96. The van der Waals surface area contributed by atoms with Crippen molar-refractivity contribution in [1.82, 2.24) is 9.97 Å². The molecule has 1 atom stereocenters. The van der Waals surface area contributed by atoms with Crippen LogP contribution in [0.4, 0.5) is 27.8 Å². The molecule has 152 valence electrons. The average Bonchev–Trinajstić information content (AvgIpc) is 2.72. The first-order valence-corrected chi connectivity index (χ1v) is 8.91. The van der Waals surface area contributed by atoms with Crippen LogP contribution < -0.4 is 5.32 Å². The van der Waals surface area contributed by atoms with Gasteiger partial charge in [-0.1, -0.05) is 24.3 Å². The molecule has 8 heteroatoms. The standard InChI is InChI=1S/C22H14F5N3/c23-16-6-7-17(18(24)11-16)21(14-4-3-13-2-1-9-28-19(13)10-14)30-20-8-5-15(12-29-20)22(25,26)27/h1-12,21H,(H,29,30). The highest BCUT2D eigenvalue weighted by Gasteiger charge is 2.30. The largest absolute Gasteiger partial charge is 0.417 e. The van der Waals surface area contributed by atoms with Gasteiger partial charge in [0.2, 0.25) is 0 Å². The minimum absolute atomic E-state index is 0.109. The van der Waals surface area contributed by atoms with E-state index in [1.165, 1.54) is 6.07 Å². The molecule has 0 aliphatic heterocycles. The number of benzene rings is 2. The van der Waals surface area contributed by atoms with E-state index in [1.807, 2.05) is 6.07 Å². The van der Waals surface area contributed by atoms with Crippen LogP contribution in [0.15, 0.2) is 73.1 Å². The van der Waals surface area contributed by atoms with Gasteiger partial charge < -0.3 is 5.32 Å². The number of nitrogens with one attached hydrogen (secondary N) is 1. The lowest BCUT2D eigenvalue weighted by molar-refractivity contribution is -0.137. The summed E-state index contributed by atoms with van der Waals surface area (Å²) in [6, 6.07) is 13.3. The van der Waals surface area contributed by atoms with Crippen LogP contribution in [0.1, 0.15) is 22.7 Å². The Bertz CT molecular complexity index is 1190. The zero-order valence-electron chi connectivity index (χ0n) is 15.3. The van der Waals surface area contributed by atoms with E-state index in [0.29, 0.717) is 17.3 Å². The van der Waals surface area contributed by atoms with E-state index in [1.54, 1.807) is 30.5 Å². The van der Waals surface area contributed by atoms with Gasteiger partial charge in [0.1, 0.15) is 17.5 Å². The molecule has 0 radical (unpaired) electrons. The van der Waals surface area contributed by atoms with Gasteiger partial charge in [-0.15, -0.1) is 0 Å². The summed E-state index contributed by atoms with van der Waals surface area (Å²) in [5, 5.41) is 3.81. The summed E-state index contributed by atoms with van der Waals surface area (Å²) < 4.78 is 66.4. The Morgan fingerprint density at radius 1 is 0.867 bits per heavy atom. The highest BCUT2D eigenvalue weighted by molar-refractivity contribution is 5.79. The first-order chi connectivity index (χ1) is 14.3. The summed E-state index contributed by atoms with van der Waals surface area (Å²) in [5.74, 6) is -1.42. The van der Waals surface area contributed by atoms with Crippen molar-refractivity contribution in [3.05, 3.63) is 101 Å². The van der Waals surface area contributed by atoms with E-state index in [-0.39, 0.29) is 11.4 Å². The first-order valence-electron chi connectivity index (χ1n) is 8.91. The normalized spacial score (nSPS) is 12.7. The molecule has 2 heterocycles. The molecule has 30 heavy (non-hydrogen) atoms. The molecule has 0 fully saturated rings. The molecule has 2 aromatic heterocycles. The van der Waals surface area contributed by atoms with Crippen LogP contribution in [0.2, 0.25) is 0 Å². The minimum atomic E-state index is -4.52. The molecule has 0 saturated carbocycles. The molecule has 0 amide bonds. The molecule has 1 unspecified atom stereocenters. The maximum Gasteiger partial charge on any atom is 0.417 e. The number of anilines is 1. The van der Waals surface area contributed by atoms with Crippen molar-refractivity contribution >= 4 is 16.7 Å². The fourth-order valence-corrected chi connectivity index (χ4v) is 3.13. The van der Waals surface area contributed by atoms with Crippen LogP contribution in [-0.2, 0) is 6.18 Å². The van der Waals surface area contributed by atoms with Gasteiger partial charge in [-0.25, -0.2) is 13.8 Å². The van der Waals surface area contributed by atoms with Crippen molar-refractivity contribution in [2.24, 2.45) is 0 Å². The van der Waals surface area contributed by atoms with Crippen LogP contribution in [0.5, 0.6) is 0 Å². The number of hydrogen-bond donors (Lipinski definition) is 1. The van der Waals surface area contributed by atoms with Gasteiger partial charge in [-0.3, -0.25) is 4.98 Å². The number of aromatic nitrogens is 2. The molecule has 0 saturated heterocycles. The Kier molecular flexibility index (Phi) is 5.07. The van der Waals surface area contributed by atoms with Crippen molar-refractivity contribution < 1.29 is 22.0 Å². The molecular weight excluding hydrogens is 401 g/mol. The van der Waals surface area contributed by atoms with Crippen molar-refractivity contribution in [1.29, 1.82) is 0 Å². The van der Waals surface area contributed by atoms with Gasteiger partial charge >= 0.3 is 6.18 Å². The van der Waals surface area contributed by atoms with Gasteiger partial charge in [-0.2, -0.15) is 13.2 Å². The maximum absolute atomic E-state index is 14.6. The second kappa shape index (κ2) is 7.70. The quantitative estimate of drug-likeness (QED) is 0.408. The van der Waals surface area contributed by atoms with Gasteiger partial charge in [0.25, 0.3) is 0 Å². The van der Waals surface area contributed by atoms with Crippen molar-refractivity contribution in [3.63, 3.8) is 0 Å². The number of nitrogens with zero attached hydrogens (tertiary/aromatic N) is 2. The smallest absolute Gasteiger partial charge is 0.359 e. The molecule has 2 aromatic carbocycles. The first kappa shape index (κ1) is 19.8. The molecule has 3 nitrogen and oxygen atoms in total. The van der Waals surface area contributed by atoms with E-state index in [2.05, 4.69) is 15.3 Å². The molecule has 0 aliphatic rings. The monoisotopic (exact) mass is 415 g/mol. The molecule has 4 aromatic rings. The Morgan fingerprint density at radius 2 is 1.70 bits per heavy atom. The van der Waals surface area contributed by atoms with E-state index in [9.17, 15) is 22.0 Å². The van der Waals surface area contributed by atoms with E-state index in [0.717, 1.165) is 29.7 Å². The number of pyridine rings is 2. The van der Waals surface area contributed by atoms with Gasteiger partial charge in [-0.05, 0) is 35.9 Å². The minimum Gasteiger partial charge on any atom is -0.359 e.